The molecule has 0 radical (unpaired) electrons. The molecule has 0 unspecified atom stereocenters. The van der Waals surface area contributed by atoms with Crippen LogP contribution in [0.3, 0.4) is 0 Å². The number of carboxylic acid groups (broad SMARTS) is 1. The number of ether oxygens (including phenoxy) is 1. The van der Waals surface area contributed by atoms with Gasteiger partial charge in [0.05, 0.1) is 5.56 Å². The van der Waals surface area contributed by atoms with Crippen LogP contribution in [0, 0.1) is 0 Å². The zero-order valence-electron chi connectivity index (χ0n) is 17.7. The van der Waals surface area contributed by atoms with Crippen molar-refractivity contribution >= 4 is 39.6 Å². The third-order valence-electron chi connectivity index (χ3n) is 5.54. The number of alkyl carbamates (subject to hydrolysis) is 1. The first-order valence-corrected chi connectivity index (χ1v) is 11.1. The second-order valence-electron chi connectivity index (χ2n) is 7.68. The number of carboxylic acids is 1. The number of anilines is 1. The summed E-state index contributed by atoms with van der Waals surface area (Å²) in [6.45, 7) is 1.66. The zero-order valence-corrected chi connectivity index (χ0v) is 19.3. The van der Waals surface area contributed by atoms with Crippen LogP contribution in [0.4, 0.5) is 10.5 Å². The first-order chi connectivity index (χ1) is 15.8. The first-order valence-electron chi connectivity index (χ1n) is 10.3. The number of fused-ring (bicyclic) bond motifs is 3. The summed E-state index contributed by atoms with van der Waals surface area (Å²) in [4.78, 5) is 36.1. The average Bonchev–Trinajstić information content (AvgIpc) is 3.12. The Balaban J connectivity index is 1.36. The predicted molar refractivity (Wildman–Crippen MR) is 127 cm³/mol. The molecule has 168 valence electrons. The molecule has 1 aliphatic rings. The van der Waals surface area contributed by atoms with E-state index in [1.165, 1.54) is 19.1 Å². The van der Waals surface area contributed by atoms with Gasteiger partial charge in [-0.25, -0.2) is 9.59 Å². The Kier molecular flexibility index (Phi) is 6.46. The molecule has 3 aromatic carbocycles. The molecule has 3 aromatic rings. The highest BCUT2D eigenvalue weighted by molar-refractivity contribution is 9.10. The normalized spacial score (nSPS) is 12.9. The number of nitrogens with one attached hydrogen (secondary N) is 2. The van der Waals surface area contributed by atoms with Crippen molar-refractivity contribution in [1.82, 2.24) is 5.32 Å². The molecule has 8 heteroatoms. The first kappa shape index (κ1) is 22.5. The molecule has 7 nitrogen and oxygen atoms in total. The maximum absolute atomic E-state index is 12.5. The van der Waals surface area contributed by atoms with Gasteiger partial charge >= 0.3 is 12.1 Å². The lowest BCUT2D eigenvalue weighted by atomic mass is 9.98. The lowest BCUT2D eigenvalue weighted by Crippen LogP contribution is -2.42. The van der Waals surface area contributed by atoms with Crippen LogP contribution in [0.25, 0.3) is 11.1 Å². The summed E-state index contributed by atoms with van der Waals surface area (Å²) in [5.41, 5.74) is 4.78. The maximum atomic E-state index is 12.5. The van der Waals surface area contributed by atoms with Crippen molar-refractivity contribution in [1.29, 1.82) is 0 Å². The third kappa shape index (κ3) is 4.75. The Morgan fingerprint density at radius 2 is 1.61 bits per heavy atom. The van der Waals surface area contributed by atoms with Crippen LogP contribution in [-0.4, -0.2) is 35.7 Å². The minimum atomic E-state index is -1.12. The van der Waals surface area contributed by atoms with Gasteiger partial charge < -0.3 is 20.5 Å². The highest BCUT2D eigenvalue weighted by atomic mass is 79.9. The number of carbonyl (C=O) groups excluding carboxylic acids is 2. The molecule has 3 N–H and O–H groups in total. The summed E-state index contributed by atoms with van der Waals surface area (Å²) in [5, 5.41) is 14.3. The van der Waals surface area contributed by atoms with Gasteiger partial charge in [0.25, 0.3) is 0 Å². The molecule has 4 rings (SSSR count). The molecular weight excluding hydrogens is 488 g/mol. The smallest absolute Gasteiger partial charge is 0.407 e. The second-order valence-corrected chi connectivity index (χ2v) is 8.53. The van der Waals surface area contributed by atoms with Crippen LogP contribution in [0.15, 0.2) is 71.2 Å². The molecule has 0 fully saturated rings. The molecule has 0 saturated heterocycles. The third-order valence-corrected chi connectivity index (χ3v) is 6.23. The van der Waals surface area contributed by atoms with E-state index in [0.717, 1.165) is 22.3 Å². The lowest BCUT2D eigenvalue weighted by Gasteiger charge is -2.17. The number of carbonyl (C=O) groups is 3. The Morgan fingerprint density at radius 1 is 1.00 bits per heavy atom. The fourth-order valence-corrected chi connectivity index (χ4v) is 4.32. The van der Waals surface area contributed by atoms with Crippen molar-refractivity contribution in [2.75, 3.05) is 11.9 Å². The number of benzene rings is 3. The van der Waals surface area contributed by atoms with Gasteiger partial charge in [0.15, 0.2) is 0 Å². The fraction of sp³-hybridized carbons (Fsp3) is 0.160. The van der Waals surface area contributed by atoms with E-state index in [0.29, 0.717) is 10.2 Å². The van der Waals surface area contributed by atoms with Gasteiger partial charge in [-0.1, -0.05) is 48.5 Å². The summed E-state index contributed by atoms with van der Waals surface area (Å²) < 4.78 is 5.86. The number of aromatic carboxylic acids is 1. The molecule has 33 heavy (non-hydrogen) atoms. The van der Waals surface area contributed by atoms with Gasteiger partial charge in [-0.15, -0.1) is 0 Å². The summed E-state index contributed by atoms with van der Waals surface area (Å²) in [5.74, 6) is -1.70. The van der Waals surface area contributed by atoms with Crippen LogP contribution < -0.4 is 10.6 Å². The standard InChI is InChI=1S/C25H21BrN2O5/c1-14(23(29)28-15-10-11-22(26)20(12-15)24(30)31)27-25(32)33-13-21-18-8-4-2-6-16(18)17-7-3-5-9-19(17)21/h2-12,14,21H,13H2,1H3,(H,27,32)(H,28,29)(H,30,31)/t14-/m0/s1. The summed E-state index contributed by atoms with van der Waals surface area (Å²) in [6.07, 6.45) is -0.707. The van der Waals surface area contributed by atoms with Crippen molar-refractivity contribution in [3.63, 3.8) is 0 Å². The van der Waals surface area contributed by atoms with Gasteiger partial charge in [0.1, 0.15) is 12.6 Å². The van der Waals surface area contributed by atoms with Crippen molar-refractivity contribution in [3.8, 4) is 11.1 Å². The molecule has 0 spiro atoms. The van der Waals surface area contributed by atoms with Gasteiger partial charge in [-0.2, -0.15) is 0 Å². The molecular formula is C25H21BrN2O5. The van der Waals surface area contributed by atoms with E-state index in [4.69, 9.17) is 4.74 Å². The highest BCUT2D eigenvalue weighted by Gasteiger charge is 2.29. The van der Waals surface area contributed by atoms with Crippen LogP contribution >= 0.6 is 15.9 Å². The molecule has 0 aliphatic heterocycles. The number of halogens is 1. The Hall–Kier alpha value is -3.65. The maximum Gasteiger partial charge on any atom is 0.407 e. The Bertz CT molecular complexity index is 1200. The van der Waals surface area contributed by atoms with E-state index < -0.39 is 24.0 Å². The minimum Gasteiger partial charge on any atom is -0.478 e. The van der Waals surface area contributed by atoms with E-state index in [1.807, 2.05) is 36.4 Å². The molecule has 0 heterocycles. The highest BCUT2D eigenvalue weighted by Crippen LogP contribution is 2.44. The molecule has 0 saturated carbocycles. The van der Waals surface area contributed by atoms with Gasteiger partial charge in [0.2, 0.25) is 5.91 Å². The molecule has 1 aliphatic carbocycles. The van der Waals surface area contributed by atoms with Crippen molar-refractivity contribution in [2.45, 2.75) is 18.9 Å². The fourth-order valence-electron chi connectivity index (χ4n) is 3.90. The van der Waals surface area contributed by atoms with Crippen LogP contribution in [0.1, 0.15) is 34.3 Å². The van der Waals surface area contributed by atoms with Crippen molar-refractivity contribution in [2.24, 2.45) is 0 Å². The van der Waals surface area contributed by atoms with E-state index >= 15 is 0 Å². The minimum absolute atomic E-state index is 0.0185. The summed E-state index contributed by atoms with van der Waals surface area (Å²) in [7, 11) is 0. The molecule has 0 aromatic heterocycles. The second kappa shape index (κ2) is 9.46. The van der Waals surface area contributed by atoms with Crippen LogP contribution in [-0.2, 0) is 9.53 Å². The van der Waals surface area contributed by atoms with Crippen LogP contribution in [0.2, 0.25) is 0 Å². The zero-order chi connectivity index (χ0) is 23.5. The Morgan fingerprint density at radius 3 is 2.21 bits per heavy atom. The molecule has 2 amide bonds. The van der Waals surface area contributed by atoms with Gasteiger partial charge in [-0.05, 0) is 63.3 Å². The molecule has 0 bridgehead atoms. The van der Waals surface area contributed by atoms with Gasteiger partial charge in [0, 0.05) is 16.1 Å². The number of hydrogen-bond acceptors (Lipinski definition) is 4. The summed E-state index contributed by atoms with van der Waals surface area (Å²) in [6, 6.07) is 19.6. The number of rotatable bonds is 6. The van der Waals surface area contributed by atoms with E-state index in [2.05, 4.69) is 38.7 Å². The average molecular weight is 509 g/mol. The van der Waals surface area contributed by atoms with E-state index in [-0.39, 0.29) is 18.1 Å². The van der Waals surface area contributed by atoms with Crippen LogP contribution in [0.5, 0.6) is 0 Å². The lowest BCUT2D eigenvalue weighted by molar-refractivity contribution is -0.117. The predicted octanol–water partition coefficient (Wildman–Crippen LogP) is 5.01. The quantitative estimate of drug-likeness (QED) is 0.433. The van der Waals surface area contributed by atoms with Crippen molar-refractivity contribution < 1.29 is 24.2 Å². The summed E-state index contributed by atoms with van der Waals surface area (Å²) >= 11 is 3.16. The largest absolute Gasteiger partial charge is 0.478 e. The Labute approximate surface area is 198 Å². The number of hydrogen-bond donors (Lipinski definition) is 3. The van der Waals surface area contributed by atoms with E-state index in [9.17, 15) is 19.5 Å². The monoisotopic (exact) mass is 508 g/mol. The SMILES string of the molecule is C[C@H](NC(=O)OCC1c2ccccc2-c2ccccc21)C(=O)Nc1ccc(Br)c(C(=O)O)c1. The topological polar surface area (TPSA) is 105 Å². The van der Waals surface area contributed by atoms with Crippen molar-refractivity contribution in [3.05, 3.63) is 87.9 Å². The van der Waals surface area contributed by atoms with E-state index in [1.54, 1.807) is 6.07 Å². The molecule has 1 atom stereocenters. The number of amides is 2. The van der Waals surface area contributed by atoms with Gasteiger partial charge in [-0.3, -0.25) is 4.79 Å².